The van der Waals surface area contributed by atoms with E-state index in [4.69, 9.17) is 0 Å². The third-order valence-corrected chi connectivity index (χ3v) is 3.99. The number of Topliss-reactive ketones (excluding diaryl/α,β-unsaturated/α-hetero) is 1. The Bertz CT molecular complexity index is 691. The van der Waals surface area contributed by atoms with Crippen LogP contribution in [0.15, 0.2) is 36.4 Å². The van der Waals surface area contributed by atoms with Gasteiger partial charge in [-0.05, 0) is 42.5 Å². The first kappa shape index (κ1) is 13.0. The quantitative estimate of drug-likeness (QED) is 0.749. The molecule has 2 aromatic rings. The number of benzene rings is 2. The number of hydrogen-bond acceptors (Lipinski definition) is 1. The van der Waals surface area contributed by atoms with Crippen LogP contribution in [0, 0.1) is 18.6 Å². The molecular weight excluding hydrogens is 258 g/mol. The molecule has 102 valence electrons. The van der Waals surface area contributed by atoms with Crippen molar-refractivity contribution in [2.75, 3.05) is 0 Å². The van der Waals surface area contributed by atoms with Gasteiger partial charge in [0.05, 0.1) is 5.56 Å². The number of carbonyl (C=O) groups is 1. The fraction of sp³-hybridized carbons (Fsp3) is 0.235. The number of rotatable bonds is 2. The molecule has 0 aliphatic heterocycles. The topological polar surface area (TPSA) is 17.1 Å². The Kier molecular flexibility index (Phi) is 3.13. The van der Waals surface area contributed by atoms with Crippen LogP contribution >= 0.6 is 0 Å². The summed E-state index contributed by atoms with van der Waals surface area (Å²) in [4.78, 5) is 12.5. The third kappa shape index (κ3) is 1.94. The second-order valence-electron chi connectivity index (χ2n) is 5.21. The minimum Gasteiger partial charge on any atom is -0.293 e. The zero-order chi connectivity index (χ0) is 14.3. The van der Waals surface area contributed by atoms with E-state index in [1.54, 1.807) is 0 Å². The summed E-state index contributed by atoms with van der Waals surface area (Å²) in [5.74, 6) is -2.64. The summed E-state index contributed by atoms with van der Waals surface area (Å²) in [6, 6.07) is 10.5. The molecule has 1 aliphatic rings. The second-order valence-corrected chi connectivity index (χ2v) is 5.21. The average molecular weight is 272 g/mol. The average Bonchev–Trinajstić information content (AvgIpc) is 2.88. The van der Waals surface area contributed by atoms with Crippen molar-refractivity contribution >= 4 is 5.78 Å². The molecule has 1 nitrogen and oxygen atoms in total. The predicted octanol–water partition coefficient (Wildman–Crippen LogP) is 4.19. The molecular formula is C17H14F2O. The van der Waals surface area contributed by atoms with Crippen molar-refractivity contribution in [2.24, 2.45) is 0 Å². The smallest absolute Gasteiger partial charge is 0.173 e. The molecule has 0 N–H and O–H groups in total. The van der Waals surface area contributed by atoms with Gasteiger partial charge >= 0.3 is 0 Å². The number of ketones is 1. The first-order valence-corrected chi connectivity index (χ1v) is 6.66. The van der Waals surface area contributed by atoms with E-state index < -0.39 is 11.6 Å². The molecule has 3 rings (SSSR count). The maximum absolute atomic E-state index is 13.9. The molecule has 3 heteroatoms. The maximum atomic E-state index is 13.9. The van der Waals surface area contributed by atoms with E-state index in [-0.39, 0.29) is 22.8 Å². The molecule has 0 amide bonds. The van der Waals surface area contributed by atoms with Gasteiger partial charge in [-0.15, -0.1) is 0 Å². The molecule has 2 aromatic carbocycles. The molecule has 1 aliphatic carbocycles. The number of fused-ring (bicyclic) bond motifs is 1. The van der Waals surface area contributed by atoms with Crippen molar-refractivity contribution in [3.05, 3.63) is 70.3 Å². The van der Waals surface area contributed by atoms with Gasteiger partial charge in [0, 0.05) is 5.92 Å². The minimum absolute atomic E-state index is 0.144. The lowest BCUT2D eigenvalue weighted by Gasteiger charge is -2.12. The fourth-order valence-corrected chi connectivity index (χ4v) is 2.85. The Morgan fingerprint density at radius 1 is 1.10 bits per heavy atom. The molecule has 1 atom stereocenters. The molecule has 20 heavy (non-hydrogen) atoms. The summed E-state index contributed by atoms with van der Waals surface area (Å²) in [5.41, 5.74) is 2.14. The van der Waals surface area contributed by atoms with Crippen LogP contribution in [-0.2, 0) is 6.42 Å². The zero-order valence-corrected chi connectivity index (χ0v) is 11.1. The lowest BCUT2D eigenvalue weighted by atomic mass is 9.91. The van der Waals surface area contributed by atoms with E-state index in [9.17, 15) is 13.6 Å². The Hall–Kier alpha value is -2.03. The van der Waals surface area contributed by atoms with Crippen molar-refractivity contribution in [1.29, 1.82) is 0 Å². The number of halogens is 2. The summed E-state index contributed by atoms with van der Waals surface area (Å²) in [6.07, 6.45) is 1.47. The van der Waals surface area contributed by atoms with E-state index in [2.05, 4.69) is 0 Å². The Balaban J connectivity index is 2.01. The van der Waals surface area contributed by atoms with Gasteiger partial charge in [-0.1, -0.05) is 30.3 Å². The van der Waals surface area contributed by atoms with Crippen molar-refractivity contribution in [2.45, 2.75) is 25.7 Å². The van der Waals surface area contributed by atoms with Gasteiger partial charge in [0.2, 0.25) is 0 Å². The van der Waals surface area contributed by atoms with Gasteiger partial charge in [-0.3, -0.25) is 4.79 Å². The molecule has 0 radical (unpaired) electrons. The Morgan fingerprint density at radius 3 is 2.65 bits per heavy atom. The van der Waals surface area contributed by atoms with Crippen LogP contribution in [0.25, 0.3) is 0 Å². The highest BCUT2D eigenvalue weighted by Crippen LogP contribution is 2.36. The van der Waals surface area contributed by atoms with Gasteiger partial charge in [0.1, 0.15) is 0 Å². The van der Waals surface area contributed by atoms with Gasteiger partial charge in [-0.25, -0.2) is 8.78 Å². The normalized spacial score (nSPS) is 17.1. The third-order valence-electron chi connectivity index (χ3n) is 3.99. The standard InChI is InChI=1S/C17H14F2O/c1-10-6-8-14(16(19)15(10)18)17(20)13-9-7-11-4-2-3-5-12(11)13/h2-6,8,13H,7,9H2,1H3. The van der Waals surface area contributed by atoms with Crippen LogP contribution in [0.2, 0.25) is 0 Å². The summed E-state index contributed by atoms with van der Waals surface area (Å²) in [5, 5.41) is 0. The molecule has 1 unspecified atom stereocenters. The zero-order valence-electron chi connectivity index (χ0n) is 11.1. The molecule has 0 bridgehead atoms. The summed E-state index contributed by atoms with van der Waals surface area (Å²) in [6.45, 7) is 1.48. The largest absolute Gasteiger partial charge is 0.293 e. The van der Waals surface area contributed by atoms with Crippen LogP contribution in [0.3, 0.4) is 0 Å². The molecule has 0 fully saturated rings. The number of carbonyl (C=O) groups excluding carboxylic acids is 1. The predicted molar refractivity (Wildman–Crippen MR) is 72.9 cm³/mol. The Morgan fingerprint density at radius 2 is 1.85 bits per heavy atom. The lowest BCUT2D eigenvalue weighted by Crippen LogP contribution is -2.13. The van der Waals surface area contributed by atoms with Crippen molar-refractivity contribution in [1.82, 2.24) is 0 Å². The summed E-state index contributed by atoms with van der Waals surface area (Å²) >= 11 is 0. The van der Waals surface area contributed by atoms with Crippen LogP contribution in [0.4, 0.5) is 8.78 Å². The van der Waals surface area contributed by atoms with Crippen molar-refractivity contribution in [3.63, 3.8) is 0 Å². The summed E-state index contributed by atoms with van der Waals surface area (Å²) < 4.78 is 27.6. The fourth-order valence-electron chi connectivity index (χ4n) is 2.85. The van der Waals surface area contributed by atoms with E-state index >= 15 is 0 Å². The Labute approximate surface area is 116 Å². The lowest BCUT2D eigenvalue weighted by molar-refractivity contribution is 0.0954. The number of aryl methyl sites for hydroxylation is 2. The van der Waals surface area contributed by atoms with Gasteiger partial charge in [0.15, 0.2) is 17.4 Å². The first-order valence-electron chi connectivity index (χ1n) is 6.66. The van der Waals surface area contributed by atoms with E-state index in [1.165, 1.54) is 19.1 Å². The van der Waals surface area contributed by atoms with E-state index in [0.29, 0.717) is 6.42 Å². The van der Waals surface area contributed by atoms with Gasteiger partial charge < -0.3 is 0 Å². The highest BCUT2D eigenvalue weighted by Gasteiger charge is 2.31. The van der Waals surface area contributed by atoms with Crippen molar-refractivity contribution < 1.29 is 13.6 Å². The van der Waals surface area contributed by atoms with Gasteiger partial charge in [0.25, 0.3) is 0 Å². The molecule has 0 saturated carbocycles. The minimum atomic E-state index is -1.03. The summed E-state index contributed by atoms with van der Waals surface area (Å²) in [7, 11) is 0. The highest BCUT2D eigenvalue weighted by atomic mass is 19.2. The molecule has 0 saturated heterocycles. The van der Waals surface area contributed by atoms with E-state index in [1.807, 2.05) is 24.3 Å². The van der Waals surface area contributed by atoms with Crippen LogP contribution in [-0.4, -0.2) is 5.78 Å². The molecule has 0 heterocycles. The van der Waals surface area contributed by atoms with E-state index in [0.717, 1.165) is 17.5 Å². The van der Waals surface area contributed by atoms with Crippen LogP contribution < -0.4 is 0 Å². The second kappa shape index (κ2) is 4.82. The SMILES string of the molecule is Cc1ccc(C(=O)C2CCc3ccccc32)c(F)c1F. The number of hydrogen-bond donors (Lipinski definition) is 0. The van der Waals surface area contributed by atoms with Crippen LogP contribution in [0.5, 0.6) is 0 Å². The molecule has 0 spiro atoms. The highest BCUT2D eigenvalue weighted by molar-refractivity contribution is 6.01. The first-order chi connectivity index (χ1) is 9.59. The van der Waals surface area contributed by atoms with Gasteiger partial charge in [-0.2, -0.15) is 0 Å². The molecule has 0 aromatic heterocycles. The van der Waals surface area contributed by atoms with Crippen LogP contribution in [0.1, 0.15) is 39.4 Å². The van der Waals surface area contributed by atoms with Crippen molar-refractivity contribution in [3.8, 4) is 0 Å². The monoisotopic (exact) mass is 272 g/mol. The maximum Gasteiger partial charge on any atom is 0.173 e.